The highest BCUT2D eigenvalue weighted by Crippen LogP contribution is 2.29. The Morgan fingerprint density at radius 1 is 1.24 bits per heavy atom. The zero-order valence-corrected chi connectivity index (χ0v) is 13.8. The van der Waals surface area contributed by atoms with Crippen LogP contribution >= 0.6 is 0 Å². The molecule has 3 aromatic rings. The van der Waals surface area contributed by atoms with Crippen LogP contribution in [0.4, 0.5) is 0 Å². The number of aromatic nitrogens is 4. The van der Waals surface area contributed by atoms with Gasteiger partial charge < -0.3 is 9.64 Å². The molecule has 1 aromatic carbocycles. The van der Waals surface area contributed by atoms with Crippen molar-refractivity contribution in [2.45, 2.75) is 18.8 Å². The maximum atomic E-state index is 12.5. The second-order valence-corrected chi connectivity index (χ2v) is 6.15. The van der Waals surface area contributed by atoms with Crippen molar-refractivity contribution in [1.82, 2.24) is 25.1 Å². The van der Waals surface area contributed by atoms with Gasteiger partial charge in [0.2, 0.25) is 0 Å². The normalized spacial score (nSPS) is 17.6. The van der Waals surface area contributed by atoms with Crippen LogP contribution in [0.25, 0.3) is 11.2 Å². The average Bonchev–Trinajstić information content (AvgIpc) is 3.11. The summed E-state index contributed by atoms with van der Waals surface area (Å²) < 4.78 is 5.58. The molecule has 0 aliphatic carbocycles. The van der Waals surface area contributed by atoms with Gasteiger partial charge in [0.15, 0.2) is 12.3 Å². The summed E-state index contributed by atoms with van der Waals surface area (Å²) in [5.41, 5.74) is 2.38. The number of piperidine rings is 1. The highest BCUT2D eigenvalue weighted by atomic mass is 16.5. The number of ether oxygens (including phenoxy) is 1. The van der Waals surface area contributed by atoms with Gasteiger partial charge >= 0.3 is 0 Å². The number of para-hydroxylation sites is 1. The van der Waals surface area contributed by atoms with Crippen LogP contribution in [0, 0.1) is 0 Å². The molecule has 1 saturated heterocycles. The second kappa shape index (κ2) is 6.88. The molecule has 128 valence electrons. The molecular formula is C18H19N5O2. The summed E-state index contributed by atoms with van der Waals surface area (Å²) in [5.74, 6) is 0.902. The van der Waals surface area contributed by atoms with E-state index in [4.69, 9.17) is 4.74 Å². The SMILES string of the molecule is O=C(COc1ccccc1)N1CCCC(c2[nH]nc3nccnc23)C1. The Balaban J connectivity index is 1.43. The summed E-state index contributed by atoms with van der Waals surface area (Å²) in [6.45, 7) is 1.45. The first-order chi connectivity index (χ1) is 12.3. The Labute approximate surface area is 145 Å². The predicted molar refractivity (Wildman–Crippen MR) is 92.2 cm³/mol. The van der Waals surface area contributed by atoms with Crippen molar-refractivity contribution in [3.8, 4) is 5.75 Å². The summed E-state index contributed by atoms with van der Waals surface area (Å²) in [6.07, 6.45) is 5.24. The summed E-state index contributed by atoms with van der Waals surface area (Å²) in [4.78, 5) is 22.9. The van der Waals surface area contributed by atoms with Gasteiger partial charge in [-0.25, -0.2) is 9.97 Å². The van der Waals surface area contributed by atoms with Crippen LogP contribution in [0.15, 0.2) is 42.7 Å². The lowest BCUT2D eigenvalue weighted by Gasteiger charge is -2.32. The van der Waals surface area contributed by atoms with Gasteiger partial charge in [-0.2, -0.15) is 5.10 Å². The number of aromatic amines is 1. The molecule has 1 amide bonds. The molecule has 2 aromatic heterocycles. The second-order valence-electron chi connectivity index (χ2n) is 6.15. The Kier molecular flexibility index (Phi) is 4.28. The number of nitrogens with zero attached hydrogens (tertiary/aromatic N) is 4. The molecule has 0 radical (unpaired) electrons. The number of amides is 1. The van der Waals surface area contributed by atoms with Gasteiger partial charge in [-0.05, 0) is 25.0 Å². The molecule has 3 heterocycles. The van der Waals surface area contributed by atoms with Crippen LogP contribution in [-0.4, -0.2) is 50.7 Å². The molecule has 0 bridgehead atoms. The van der Waals surface area contributed by atoms with E-state index in [1.165, 1.54) is 0 Å². The first-order valence-electron chi connectivity index (χ1n) is 8.42. The molecule has 0 saturated carbocycles. The number of likely N-dealkylation sites (tertiary alicyclic amines) is 1. The molecule has 1 aliphatic rings. The molecule has 1 aliphatic heterocycles. The van der Waals surface area contributed by atoms with Crippen LogP contribution in [0.3, 0.4) is 0 Å². The third-order valence-corrected chi connectivity index (χ3v) is 4.50. The summed E-state index contributed by atoms with van der Waals surface area (Å²) in [6, 6.07) is 9.40. The molecule has 0 spiro atoms. The fourth-order valence-corrected chi connectivity index (χ4v) is 3.25. The molecule has 1 fully saturated rings. The minimum atomic E-state index is 0.00320. The van der Waals surface area contributed by atoms with E-state index in [0.717, 1.165) is 30.6 Å². The quantitative estimate of drug-likeness (QED) is 0.788. The van der Waals surface area contributed by atoms with E-state index >= 15 is 0 Å². The largest absolute Gasteiger partial charge is 0.484 e. The van der Waals surface area contributed by atoms with Crippen molar-refractivity contribution in [3.05, 3.63) is 48.4 Å². The standard InChI is InChI=1S/C18H19N5O2/c24-15(12-25-14-6-2-1-3-7-14)23-10-4-5-13(11-23)16-17-18(22-21-16)20-9-8-19-17/h1-3,6-9,13H,4-5,10-12H2,(H,20,21,22). The molecule has 1 atom stereocenters. The van der Waals surface area contributed by atoms with E-state index in [-0.39, 0.29) is 18.4 Å². The van der Waals surface area contributed by atoms with Crippen LogP contribution in [0.2, 0.25) is 0 Å². The summed E-state index contributed by atoms with van der Waals surface area (Å²) >= 11 is 0. The van der Waals surface area contributed by atoms with Gasteiger partial charge in [0.1, 0.15) is 11.3 Å². The molecule has 4 rings (SSSR count). The number of fused-ring (bicyclic) bond motifs is 1. The smallest absolute Gasteiger partial charge is 0.260 e. The first kappa shape index (κ1) is 15.6. The van der Waals surface area contributed by atoms with Crippen molar-refractivity contribution in [2.75, 3.05) is 19.7 Å². The van der Waals surface area contributed by atoms with Crippen LogP contribution in [-0.2, 0) is 4.79 Å². The Hall–Kier alpha value is -2.96. The van der Waals surface area contributed by atoms with Crippen molar-refractivity contribution in [1.29, 1.82) is 0 Å². The van der Waals surface area contributed by atoms with Gasteiger partial charge in [-0.15, -0.1) is 0 Å². The highest BCUT2D eigenvalue weighted by molar-refractivity contribution is 5.78. The maximum Gasteiger partial charge on any atom is 0.260 e. The highest BCUT2D eigenvalue weighted by Gasteiger charge is 2.27. The van der Waals surface area contributed by atoms with Crippen molar-refractivity contribution in [2.24, 2.45) is 0 Å². The Morgan fingerprint density at radius 3 is 2.96 bits per heavy atom. The van der Waals surface area contributed by atoms with Gasteiger partial charge in [0.05, 0.1) is 5.69 Å². The summed E-state index contributed by atoms with van der Waals surface area (Å²) in [7, 11) is 0. The molecule has 25 heavy (non-hydrogen) atoms. The number of hydrogen-bond acceptors (Lipinski definition) is 5. The Bertz CT molecular complexity index is 864. The van der Waals surface area contributed by atoms with E-state index in [0.29, 0.717) is 17.9 Å². The lowest BCUT2D eigenvalue weighted by molar-refractivity contribution is -0.134. The van der Waals surface area contributed by atoms with Crippen molar-refractivity contribution < 1.29 is 9.53 Å². The topological polar surface area (TPSA) is 84.0 Å². The number of H-pyrrole nitrogens is 1. The fourth-order valence-electron chi connectivity index (χ4n) is 3.25. The third kappa shape index (κ3) is 3.31. The number of carbonyl (C=O) groups is 1. The van der Waals surface area contributed by atoms with Crippen molar-refractivity contribution in [3.63, 3.8) is 0 Å². The van der Waals surface area contributed by atoms with Gasteiger partial charge in [-0.3, -0.25) is 9.89 Å². The number of hydrogen-bond donors (Lipinski definition) is 1. The van der Waals surface area contributed by atoms with Gasteiger partial charge in [0, 0.05) is 31.4 Å². The first-order valence-corrected chi connectivity index (χ1v) is 8.42. The molecule has 7 nitrogen and oxygen atoms in total. The van der Waals surface area contributed by atoms with Crippen LogP contribution in [0.1, 0.15) is 24.5 Å². The molecular weight excluding hydrogens is 318 g/mol. The zero-order chi connectivity index (χ0) is 17.1. The lowest BCUT2D eigenvalue weighted by atomic mass is 9.94. The van der Waals surface area contributed by atoms with Gasteiger partial charge in [0.25, 0.3) is 5.91 Å². The predicted octanol–water partition coefficient (Wildman–Crippen LogP) is 2.14. The molecule has 1 N–H and O–H groups in total. The van der Waals surface area contributed by atoms with Crippen LogP contribution in [0.5, 0.6) is 5.75 Å². The molecule has 1 unspecified atom stereocenters. The minimum Gasteiger partial charge on any atom is -0.484 e. The monoisotopic (exact) mass is 337 g/mol. The van der Waals surface area contributed by atoms with E-state index in [1.807, 2.05) is 35.2 Å². The number of benzene rings is 1. The van der Waals surface area contributed by atoms with Gasteiger partial charge in [-0.1, -0.05) is 18.2 Å². The average molecular weight is 337 g/mol. The number of carbonyl (C=O) groups excluding carboxylic acids is 1. The number of rotatable bonds is 4. The molecule has 7 heteroatoms. The lowest BCUT2D eigenvalue weighted by Crippen LogP contribution is -2.41. The maximum absolute atomic E-state index is 12.5. The van der Waals surface area contributed by atoms with E-state index in [9.17, 15) is 4.79 Å². The Morgan fingerprint density at radius 2 is 2.08 bits per heavy atom. The van der Waals surface area contributed by atoms with E-state index in [2.05, 4.69) is 20.2 Å². The fraction of sp³-hybridized carbons (Fsp3) is 0.333. The van der Waals surface area contributed by atoms with Crippen molar-refractivity contribution >= 4 is 17.1 Å². The minimum absolute atomic E-state index is 0.00320. The number of nitrogens with one attached hydrogen (secondary N) is 1. The third-order valence-electron chi connectivity index (χ3n) is 4.50. The van der Waals surface area contributed by atoms with Crippen LogP contribution < -0.4 is 4.74 Å². The summed E-state index contributed by atoms with van der Waals surface area (Å²) in [5, 5.41) is 7.27. The van der Waals surface area contributed by atoms with E-state index in [1.54, 1.807) is 12.4 Å². The van der Waals surface area contributed by atoms with E-state index < -0.39 is 0 Å². The zero-order valence-electron chi connectivity index (χ0n) is 13.8.